The Morgan fingerprint density at radius 2 is 1.77 bits per heavy atom. The van der Waals surface area contributed by atoms with Crippen LogP contribution in [0.25, 0.3) is 0 Å². The van der Waals surface area contributed by atoms with E-state index in [2.05, 4.69) is 0 Å². The molecule has 0 bridgehead atoms. The zero-order chi connectivity index (χ0) is 16.1. The molecule has 1 saturated heterocycles. The van der Waals surface area contributed by atoms with Gasteiger partial charge in [-0.05, 0) is 31.5 Å². The molecule has 0 spiro atoms. The normalized spacial score (nSPS) is 15.2. The number of rotatable bonds is 6. The predicted molar refractivity (Wildman–Crippen MR) is 82.1 cm³/mol. The van der Waals surface area contributed by atoms with Crippen molar-refractivity contribution in [2.45, 2.75) is 13.8 Å². The molecule has 1 aromatic carbocycles. The molecule has 1 aliphatic rings. The molecule has 0 saturated carbocycles. The minimum atomic E-state index is -0.451. The van der Waals surface area contributed by atoms with Gasteiger partial charge < -0.3 is 19.3 Å². The lowest BCUT2D eigenvalue weighted by Gasteiger charge is -2.33. The average molecular weight is 306 g/mol. The summed E-state index contributed by atoms with van der Waals surface area (Å²) in [5.74, 6) is 0.423. The Kier molecular flexibility index (Phi) is 5.25. The molecular weight excluding hydrogens is 284 g/mol. The van der Waals surface area contributed by atoms with Crippen LogP contribution in [0, 0.1) is 6.92 Å². The molecule has 6 heteroatoms. The van der Waals surface area contributed by atoms with E-state index in [-0.39, 0.29) is 0 Å². The number of hydrogen-bond acceptors (Lipinski definition) is 4. The maximum atomic E-state index is 12.0. The van der Waals surface area contributed by atoms with Gasteiger partial charge in [-0.25, -0.2) is 0 Å². The minimum Gasteiger partial charge on any atom is -0.493 e. The molecule has 1 aromatic rings. The largest absolute Gasteiger partial charge is 0.493 e. The SMILES string of the molecule is CCN1CCN(CCOc2ccc(C)cc2OC)C(=O)C1=O. The molecule has 0 unspecified atom stereocenters. The van der Waals surface area contributed by atoms with E-state index in [1.807, 2.05) is 32.0 Å². The molecule has 0 radical (unpaired) electrons. The molecule has 2 rings (SSSR count). The van der Waals surface area contributed by atoms with E-state index in [9.17, 15) is 9.59 Å². The fourth-order valence-electron chi connectivity index (χ4n) is 2.39. The van der Waals surface area contributed by atoms with E-state index < -0.39 is 11.8 Å². The Bertz CT molecular complexity index is 559. The first-order valence-corrected chi connectivity index (χ1v) is 7.42. The second kappa shape index (κ2) is 7.15. The van der Waals surface area contributed by atoms with E-state index in [1.54, 1.807) is 12.0 Å². The smallest absolute Gasteiger partial charge is 0.312 e. The molecule has 1 aliphatic heterocycles. The number of nitrogens with zero attached hydrogens (tertiary/aromatic N) is 2. The lowest BCUT2D eigenvalue weighted by atomic mass is 10.2. The zero-order valence-electron chi connectivity index (χ0n) is 13.3. The summed E-state index contributed by atoms with van der Waals surface area (Å²) >= 11 is 0. The molecule has 6 nitrogen and oxygen atoms in total. The number of aryl methyl sites for hydroxylation is 1. The van der Waals surface area contributed by atoms with Crippen molar-refractivity contribution in [1.82, 2.24) is 9.80 Å². The number of methoxy groups -OCH3 is 1. The lowest BCUT2D eigenvalue weighted by molar-refractivity contribution is -0.156. The summed E-state index contributed by atoms with van der Waals surface area (Å²) in [6.45, 7) is 6.25. The van der Waals surface area contributed by atoms with Gasteiger partial charge in [0.1, 0.15) is 6.61 Å². The van der Waals surface area contributed by atoms with Gasteiger partial charge in [-0.2, -0.15) is 0 Å². The Morgan fingerprint density at radius 1 is 1.09 bits per heavy atom. The Balaban J connectivity index is 1.89. The molecule has 0 atom stereocenters. The minimum absolute atomic E-state index is 0.324. The van der Waals surface area contributed by atoms with E-state index in [0.717, 1.165) is 5.56 Å². The van der Waals surface area contributed by atoms with Crippen molar-refractivity contribution < 1.29 is 19.1 Å². The fourth-order valence-corrected chi connectivity index (χ4v) is 2.39. The number of amides is 2. The first-order chi connectivity index (χ1) is 10.6. The van der Waals surface area contributed by atoms with Crippen molar-refractivity contribution in [1.29, 1.82) is 0 Å². The van der Waals surface area contributed by atoms with Crippen LogP contribution in [-0.2, 0) is 9.59 Å². The molecule has 2 amide bonds. The quantitative estimate of drug-likeness (QED) is 0.738. The number of carbonyl (C=O) groups excluding carboxylic acids is 2. The number of likely N-dealkylation sites (N-methyl/N-ethyl adjacent to an activating group) is 1. The standard InChI is InChI=1S/C16H22N2O4/c1-4-17-7-8-18(16(20)15(17)19)9-10-22-13-6-5-12(2)11-14(13)21-3/h5-6,11H,4,7-10H2,1-3H3. The number of benzene rings is 1. The summed E-state index contributed by atoms with van der Waals surface area (Å²) in [6.07, 6.45) is 0. The highest BCUT2D eigenvalue weighted by molar-refractivity contribution is 6.35. The second-order valence-corrected chi connectivity index (χ2v) is 5.18. The van der Waals surface area contributed by atoms with Gasteiger partial charge in [0.25, 0.3) is 0 Å². The lowest BCUT2D eigenvalue weighted by Crippen LogP contribution is -2.54. The zero-order valence-corrected chi connectivity index (χ0v) is 13.3. The van der Waals surface area contributed by atoms with Gasteiger partial charge in [0.15, 0.2) is 11.5 Å². The van der Waals surface area contributed by atoms with E-state index in [1.165, 1.54) is 4.90 Å². The van der Waals surface area contributed by atoms with Crippen LogP contribution in [0.4, 0.5) is 0 Å². The maximum absolute atomic E-state index is 12.0. The van der Waals surface area contributed by atoms with Crippen molar-refractivity contribution in [3.05, 3.63) is 23.8 Å². The topological polar surface area (TPSA) is 59.1 Å². The van der Waals surface area contributed by atoms with Gasteiger partial charge in [0.05, 0.1) is 13.7 Å². The summed E-state index contributed by atoms with van der Waals surface area (Å²) in [4.78, 5) is 26.9. The van der Waals surface area contributed by atoms with Crippen LogP contribution in [0.1, 0.15) is 12.5 Å². The fraction of sp³-hybridized carbons (Fsp3) is 0.500. The van der Waals surface area contributed by atoms with E-state index in [0.29, 0.717) is 44.3 Å². The van der Waals surface area contributed by atoms with E-state index in [4.69, 9.17) is 9.47 Å². The van der Waals surface area contributed by atoms with Crippen LogP contribution in [-0.4, -0.2) is 61.5 Å². The summed E-state index contributed by atoms with van der Waals surface area (Å²) in [5.41, 5.74) is 1.08. The van der Waals surface area contributed by atoms with E-state index >= 15 is 0 Å². The molecule has 1 fully saturated rings. The second-order valence-electron chi connectivity index (χ2n) is 5.18. The number of ether oxygens (including phenoxy) is 2. The Morgan fingerprint density at radius 3 is 2.45 bits per heavy atom. The van der Waals surface area contributed by atoms with Gasteiger partial charge in [0, 0.05) is 19.6 Å². The van der Waals surface area contributed by atoms with Crippen molar-refractivity contribution in [2.75, 3.05) is 39.9 Å². The van der Waals surface area contributed by atoms with Gasteiger partial charge >= 0.3 is 11.8 Å². The predicted octanol–water partition coefficient (Wildman–Crippen LogP) is 1.07. The molecule has 0 aliphatic carbocycles. The van der Waals surface area contributed by atoms with Crippen molar-refractivity contribution in [3.8, 4) is 11.5 Å². The van der Waals surface area contributed by atoms with Gasteiger partial charge in [-0.3, -0.25) is 9.59 Å². The van der Waals surface area contributed by atoms with Gasteiger partial charge in [-0.1, -0.05) is 6.07 Å². The highest BCUT2D eigenvalue weighted by Crippen LogP contribution is 2.27. The van der Waals surface area contributed by atoms with Crippen molar-refractivity contribution >= 4 is 11.8 Å². The molecule has 0 aromatic heterocycles. The molecule has 22 heavy (non-hydrogen) atoms. The highest BCUT2D eigenvalue weighted by atomic mass is 16.5. The van der Waals surface area contributed by atoms with Gasteiger partial charge in [0.2, 0.25) is 0 Å². The van der Waals surface area contributed by atoms with Crippen LogP contribution in [0.15, 0.2) is 18.2 Å². The summed E-state index contributed by atoms with van der Waals surface area (Å²) < 4.78 is 10.9. The van der Waals surface area contributed by atoms with Crippen LogP contribution >= 0.6 is 0 Å². The highest BCUT2D eigenvalue weighted by Gasteiger charge is 2.31. The number of carbonyl (C=O) groups is 2. The van der Waals surface area contributed by atoms with Crippen LogP contribution in [0.5, 0.6) is 11.5 Å². The Hall–Kier alpha value is -2.24. The molecule has 120 valence electrons. The first kappa shape index (κ1) is 16.1. The van der Waals surface area contributed by atoms with Crippen molar-refractivity contribution in [2.24, 2.45) is 0 Å². The third-order valence-corrected chi connectivity index (χ3v) is 3.72. The Labute approximate surface area is 130 Å². The summed E-state index contributed by atoms with van der Waals surface area (Å²) in [5, 5.41) is 0. The number of piperazine rings is 1. The monoisotopic (exact) mass is 306 g/mol. The van der Waals surface area contributed by atoms with Crippen molar-refractivity contribution in [3.63, 3.8) is 0 Å². The average Bonchev–Trinajstić information content (AvgIpc) is 2.52. The van der Waals surface area contributed by atoms with Gasteiger partial charge in [-0.15, -0.1) is 0 Å². The molecular formula is C16H22N2O4. The molecule has 0 N–H and O–H groups in total. The number of hydrogen-bond donors (Lipinski definition) is 0. The van der Waals surface area contributed by atoms with Crippen LogP contribution in [0.2, 0.25) is 0 Å². The summed E-state index contributed by atoms with van der Waals surface area (Å²) in [7, 11) is 1.59. The summed E-state index contributed by atoms with van der Waals surface area (Å²) in [6, 6.07) is 5.67. The third kappa shape index (κ3) is 3.50. The third-order valence-electron chi connectivity index (χ3n) is 3.72. The van der Waals surface area contributed by atoms with Crippen LogP contribution < -0.4 is 9.47 Å². The first-order valence-electron chi connectivity index (χ1n) is 7.42. The van der Waals surface area contributed by atoms with Crippen LogP contribution in [0.3, 0.4) is 0 Å². The maximum Gasteiger partial charge on any atom is 0.312 e. The molecule has 1 heterocycles.